The molecule has 0 saturated carbocycles. The van der Waals surface area contributed by atoms with Gasteiger partial charge in [-0.1, -0.05) is 12.1 Å². The molecular formula is C12H16N2O2. The number of hydrogen-bond acceptors (Lipinski definition) is 3. The van der Waals surface area contributed by atoms with Crippen LogP contribution in [0.5, 0.6) is 5.75 Å². The van der Waals surface area contributed by atoms with E-state index in [1.807, 2.05) is 31.2 Å². The summed E-state index contributed by atoms with van der Waals surface area (Å²) in [6.45, 7) is 2.61. The van der Waals surface area contributed by atoms with E-state index >= 15 is 0 Å². The average Bonchev–Trinajstić information content (AvgIpc) is 2.65. The van der Waals surface area contributed by atoms with Gasteiger partial charge in [0.25, 0.3) is 5.91 Å². The third-order valence-electron chi connectivity index (χ3n) is 2.66. The molecule has 0 spiro atoms. The second kappa shape index (κ2) is 4.53. The molecule has 0 aromatic heterocycles. The highest BCUT2D eigenvalue weighted by Crippen LogP contribution is 2.20. The van der Waals surface area contributed by atoms with Gasteiger partial charge in [-0.15, -0.1) is 0 Å². The van der Waals surface area contributed by atoms with Crippen LogP contribution in [-0.2, 0) is 4.79 Å². The molecule has 86 valence electrons. The number of ether oxygens (including phenoxy) is 1. The molecule has 4 nitrogen and oxygen atoms in total. The zero-order valence-corrected chi connectivity index (χ0v) is 9.27. The van der Waals surface area contributed by atoms with Gasteiger partial charge in [-0.05, 0) is 24.6 Å². The molecule has 1 aromatic carbocycles. The highest BCUT2D eigenvalue weighted by atomic mass is 16.5. The number of amides is 1. The molecular weight excluding hydrogens is 204 g/mol. The fourth-order valence-electron chi connectivity index (χ4n) is 1.72. The molecule has 1 fully saturated rings. The maximum atomic E-state index is 11.3. The van der Waals surface area contributed by atoms with Crippen LogP contribution in [0, 0.1) is 0 Å². The molecule has 0 radical (unpaired) electrons. The summed E-state index contributed by atoms with van der Waals surface area (Å²) in [7, 11) is 0. The summed E-state index contributed by atoms with van der Waals surface area (Å²) in [5.74, 6) is 0.669. The molecule has 1 aliphatic heterocycles. The second-order valence-corrected chi connectivity index (χ2v) is 4.05. The van der Waals surface area contributed by atoms with Gasteiger partial charge in [0.2, 0.25) is 0 Å². The van der Waals surface area contributed by atoms with E-state index in [0.29, 0.717) is 12.3 Å². The largest absolute Gasteiger partial charge is 0.481 e. The number of rotatable bonds is 3. The van der Waals surface area contributed by atoms with E-state index in [1.165, 1.54) is 0 Å². The molecule has 2 rings (SSSR count). The predicted molar refractivity (Wildman–Crippen MR) is 61.1 cm³/mol. The van der Waals surface area contributed by atoms with Gasteiger partial charge in [0.15, 0.2) is 6.10 Å². The molecule has 0 aliphatic carbocycles. The Bertz CT molecular complexity index is 390. The van der Waals surface area contributed by atoms with E-state index in [1.54, 1.807) is 0 Å². The molecule has 1 heterocycles. The average molecular weight is 220 g/mol. The standard InChI is InChI=1S/C12H16N2O2/c1-8(13)9-3-2-4-10(7-9)16-11-5-6-14-12(11)15/h2-4,7-8,11H,5-6,13H2,1H3,(H,14,15). The van der Waals surface area contributed by atoms with E-state index in [4.69, 9.17) is 10.5 Å². The second-order valence-electron chi connectivity index (χ2n) is 4.05. The Morgan fingerprint density at radius 2 is 2.38 bits per heavy atom. The monoisotopic (exact) mass is 220 g/mol. The maximum absolute atomic E-state index is 11.3. The minimum atomic E-state index is -0.358. The first-order valence-electron chi connectivity index (χ1n) is 5.47. The van der Waals surface area contributed by atoms with Gasteiger partial charge in [0.05, 0.1) is 0 Å². The van der Waals surface area contributed by atoms with E-state index < -0.39 is 0 Å². The molecule has 3 N–H and O–H groups in total. The van der Waals surface area contributed by atoms with E-state index in [2.05, 4.69) is 5.32 Å². The van der Waals surface area contributed by atoms with E-state index in [9.17, 15) is 4.79 Å². The molecule has 1 aliphatic rings. The number of nitrogens with two attached hydrogens (primary N) is 1. The van der Waals surface area contributed by atoms with Gasteiger partial charge in [-0.2, -0.15) is 0 Å². The van der Waals surface area contributed by atoms with Crippen molar-refractivity contribution in [3.63, 3.8) is 0 Å². The Hall–Kier alpha value is -1.55. The molecule has 1 saturated heterocycles. The van der Waals surface area contributed by atoms with Crippen LogP contribution in [0.4, 0.5) is 0 Å². The zero-order valence-electron chi connectivity index (χ0n) is 9.27. The minimum Gasteiger partial charge on any atom is -0.481 e. The highest BCUT2D eigenvalue weighted by molar-refractivity contribution is 5.83. The number of hydrogen-bond donors (Lipinski definition) is 2. The SMILES string of the molecule is CC(N)c1cccc(OC2CCNC2=O)c1. The lowest BCUT2D eigenvalue weighted by molar-refractivity contribution is -0.124. The highest BCUT2D eigenvalue weighted by Gasteiger charge is 2.25. The first-order chi connectivity index (χ1) is 7.66. The van der Waals surface area contributed by atoms with Crippen LogP contribution >= 0.6 is 0 Å². The molecule has 2 unspecified atom stereocenters. The maximum Gasteiger partial charge on any atom is 0.261 e. The third-order valence-corrected chi connectivity index (χ3v) is 2.66. The van der Waals surface area contributed by atoms with Crippen molar-refractivity contribution in [1.29, 1.82) is 0 Å². The molecule has 1 amide bonds. The third kappa shape index (κ3) is 2.33. The smallest absolute Gasteiger partial charge is 0.261 e. The first kappa shape index (κ1) is 11.0. The Kier molecular flexibility index (Phi) is 3.10. The fraction of sp³-hybridized carbons (Fsp3) is 0.417. The van der Waals surface area contributed by atoms with Crippen LogP contribution in [-0.4, -0.2) is 18.6 Å². The van der Waals surface area contributed by atoms with Crippen LogP contribution in [0.3, 0.4) is 0 Å². The minimum absolute atomic E-state index is 0.0269. The van der Waals surface area contributed by atoms with Crippen molar-refractivity contribution in [2.45, 2.75) is 25.5 Å². The quantitative estimate of drug-likeness (QED) is 0.798. The molecule has 2 atom stereocenters. The Morgan fingerprint density at radius 3 is 3.00 bits per heavy atom. The first-order valence-corrected chi connectivity index (χ1v) is 5.47. The Morgan fingerprint density at radius 1 is 1.56 bits per heavy atom. The van der Waals surface area contributed by atoms with Gasteiger partial charge < -0.3 is 15.8 Å². The van der Waals surface area contributed by atoms with Gasteiger partial charge in [0, 0.05) is 19.0 Å². The van der Waals surface area contributed by atoms with Crippen molar-refractivity contribution in [3.8, 4) is 5.75 Å². The summed E-state index contributed by atoms with van der Waals surface area (Å²) in [6, 6.07) is 7.54. The lowest BCUT2D eigenvalue weighted by Gasteiger charge is -2.13. The van der Waals surface area contributed by atoms with Crippen LogP contribution in [0.2, 0.25) is 0 Å². The van der Waals surface area contributed by atoms with Crippen molar-refractivity contribution in [1.82, 2.24) is 5.32 Å². The van der Waals surface area contributed by atoms with Gasteiger partial charge in [-0.25, -0.2) is 0 Å². The molecule has 16 heavy (non-hydrogen) atoms. The summed E-state index contributed by atoms with van der Waals surface area (Å²) in [4.78, 5) is 11.3. The number of carbonyl (C=O) groups excluding carboxylic acids is 1. The molecule has 0 bridgehead atoms. The van der Waals surface area contributed by atoms with Crippen molar-refractivity contribution >= 4 is 5.91 Å². The normalized spacial score (nSPS) is 21.6. The van der Waals surface area contributed by atoms with Crippen molar-refractivity contribution in [3.05, 3.63) is 29.8 Å². The summed E-state index contributed by atoms with van der Waals surface area (Å²) in [5, 5.41) is 2.74. The Balaban J connectivity index is 2.09. The molecule has 1 aromatic rings. The number of carbonyl (C=O) groups is 1. The van der Waals surface area contributed by atoms with Crippen molar-refractivity contribution < 1.29 is 9.53 Å². The van der Waals surface area contributed by atoms with Gasteiger partial charge in [0.1, 0.15) is 5.75 Å². The topological polar surface area (TPSA) is 64.3 Å². The fourth-order valence-corrected chi connectivity index (χ4v) is 1.72. The summed E-state index contributed by atoms with van der Waals surface area (Å²) in [5.41, 5.74) is 6.79. The predicted octanol–water partition coefficient (Wildman–Crippen LogP) is 0.974. The van der Waals surface area contributed by atoms with Crippen LogP contribution in [0.25, 0.3) is 0 Å². The molecule has 4 heteroatoms. The Labute approximate surface area is 94.8 Å². The van der Waals surface area contributed by atoms with E-state index in [0.717, 1.165) is 12.0 Å². The lowest BCUT2D eigenvalue weighted by Crippen LogP contribution is -2.27. The number of nitrogens with one attached hydrogen (secondary N) is 1. The van der Waals surface area contributed by atoms with E-state index in [-0.39, 0.29) is 18.1 Å². The summed E-state index contributed by atoms with van der Waals surface area (Å²) >= 11 is 0. The number of benzene rings is 1. The summed E-state index contributed by atoms with van der Waals surface area (Å²) < 4.78 is 5.61. The van der Waals surface area contributed by atoms with Crippen molar-refractivity contribution in [2.24, 2.45) is 5.73 Å². The zero-order chi connectivity index (χ0) is 11.5. The van der Waals surface area contributed by atoms with Gasteiger partial charge >= 0.3 is 0 Å². The van der Waals surface area contributed by atoms with Crippen LogP contribution in [0.15, 0.2) is 24.3 Å². The van der Waals surface area contributed by atoms with Gasteiger partial charge in [-0.3, -0.25) is 4.79 Å². The summed E-state index contributed by atoms with van der Waals surface area (Å²) in [6.07, 6.45) is 0.365. The lowest BCUT2D eigenvalue weighted by atomic mass is 10.1. The van der Waals surface area contributed by atoms with Crippen molar-refractivity contribution in [2.75, 3.05) is 6.54 Å². The van der Waals surface area contributed by atoms with Crippen LogP contribution in [0.1, 0.15) is 24.9 Å². The van der Waals surface area contributed by atoms with Crippen LogP contribution < -0.4 is 15.8 Å².